The highest BCUT2D eigenvalue weighted by Gasteiger charge is 2.36. The lowest BCUT2D eigenvalue weighted by molar-refractivity contribution is -0.130. The Labute approximate surface area is 244 Å². The Kier molecular flexibility index (Phi) is 8.87. The molecule has 8 nitrogen and oxygen atoms in total. The van der Waals surface area contributed by atoms with Crippen molar-refractivity contribution in [2.24, 2.45) is 0 Å². The van der Waals surface area contributed by atoms with Crippen LogP contribution in [-0.4, -0.2) is 60.1 Å². The molecular formula is C32H41N3O5S. The maximum absolute atomic E-state index is 14.2. The van der Waals surface area contributed by atoms with E-state index in [1.54, 1.807) is 49.5 Å². The second kappa shape index (κ2) is 12.0. The van der Waals surface area contributed by atoms with Crippen LogP contribution >= 0.6 is 0 Å². The fourth-order valence-electron chi connectivity index (χ4n) is 4.67. The lowest BCUT2D eigenvalue weighted by Gasteiger charge is -2.29. The Morgan fingerprint density at radius 1 is 0.878 bits per heavy atom. The zero-order valence-electron chi connectivity index (χ0n) is 25.0. The van der Waals surface area contributed by atoms with Gasteiger partial charge in [0.1, 0.15) is 18.0 Å². The van der Waals surface area contributed by atoms with Gasteiger partial charge >= 0.3 is 0 Å². The normalized spacial score (nSPS) is 13.4. The van der Waals surface area contributed by atoms with E-state index in [0.29, 0.717) is 23.7 Å². The van der Waals surface area contributed by atoms with Crippen LogP contribution in [0.5, 0.6) is 11.5 Å². The molecule has 3 aromatic carbocycles. The summed E-state index contributed by atoms with van der Waals surface area (Å²) >= 11 is 0. The van der Waals surface area contributed by atoms with Crippen molar-refractivity contribution in [3.8, 4) is 11.5 Å². The summed E-state index contributed by atoms with van der Waals surface area (Å²) in [5, 5.41) is 0. The highest BCUT2D eigenvalue weighted by Crippen LogP contribution is 2.33. The Bertz CT molecular complexity index is 1450. The van der Waals surface area contributed by atoms with E-state index in [2.05, 4.69) is 20.8 Å². The molecule has 1 amide bonds. The lowest BCUT2D eigenvalue weighted by Crippen LogP contribution is -2.43. The molecule has 0 heterocycles. The van der Waals surface area contributed by atoms with Crippen LogP contribution in [0.4, 0.5) is 11.4 Å². The van der Waals surface area contributed by atoms with Gasteiger partial charge in [-0.3, -0.25) is 9.10 Å². The SMILES string of the molecule is COc1cc(CN(C(=O)CN(c2cccc(N(C)C)c2)S(=O)(=O)c2ccc(C(C)(C)C)cc2)C2CC2)cc(OC)c1. The van der Waals surface area contributed by atoms with Gasteiger partial charge in [0.05, 0.1) is 24.8 Å². The van der Waals surface area contributed by atoms with Gasteiger partial charge in [0.2, 0.25) is 5.91 Å². The number of sulfonamides is 1. The summed E-state index contributed by atoms with van der Waals surface area (Å²) in [6, 6.07) is 19.8. The quantitative estimate of drug-likeness (QED) is 0.301. The van der Waals surface area contributed by atoms with E-state index in [0.717, 1.165) is 29.7 Å². The molecule has 1 aliphatic rings. The summed E-state index contributed by atoms with van der Waals surface area (Å²) in [6.45, 7) is 6.25. The summed E-state index contributed by atoms with van der Waals surface area (Å²) in [4.78, 5) is 17.8. The standard InChI is InChI=1S/C32H41N3O5S/c1-32(2,3)24-11-15-30(16-12-24)41(37,38)35(27-10-8-9-26(19-27)33(4)5)22-31(36)34(25-13-14-25)21-23-17-28(39-6)20-29(18-23)40-7/h8-12,15-20,25H,13-14,21-22H2,1-7H3. The van der Waals surface area contributed by atoms with Gasteiger partial charge in [0, 0.05) is 38.4 Å². The first-order chi connectivity index (χ1) is 19.3. The summed E-state index contributed by atoms with van der Waals surface area (Å²) in [6.07, 6.45) is 1.76. The zero-order chi connectivity index (χ0) is 29.9. The smallest absolute Gasteiger partial charge is 0.264 e. The van der Waals surface area contributed by atoms with Crippen molar-refractivity contribution in [2.45, 2.75) is 56.5 Å². The molecule has 1 fully saturated rings. The number of methoxy groups -OCH3 is 2. The van der Waals surface area contributed by atoms with Crippen LogP contribution in [0.15, 0.2) is 71.6 Å². The first-order valence-corrected chi connectivity index (χ1v) is 15.2. The van der Waals surface area contributed by atoms with Crippen LogP contribution in [0.25, 0.3) is 0 Å². The summed E-state index contributed by atoms with van der Waals surface area (Å²) in [5.41, 5.74) is 3.03. The van der Waals surface area contributed by atoms with E-state index in [1.165, 1.54) is 4.31 Å². The van der Waals surface area contributed by atoms with Crippen LogP contribution in [0.2, 0.25) is 0 Å². The van der Waals surface area contributed by atoms with Crippen LogP contribution in [0, 0.1) is 0 Å². The number of benzene rings is 3. The molecule has 220 valence electrons. The Morgan fingerprint density at radius 2 is 1.46 bits per heavy atom. The number of anilines is 2. The molecule has 0 spiro atoms. The Balaban J connectivity index is 1.71. The Morgan fingerprint density at radius 3 is 1.98 bits per heavy atom. The maximum Gasteiger partial charge on any atom is 0.264 e. The third-order valence-corrected chi connectivity index (χ3v) is 9.08. The number of carbonyl (C=O) groups excluding carboxylic acids is 1. The van der Waals surface area contributed by atoms with E-state index < -0.39 is 10.0 Å². The third kappa shape index (κ3) is 7.14. The molecular weight excluding hydrogens is 538 g/mol. The third-order valence-electron chi connectivity index (χ3n) is 7.29. The molecule has 0 saturated heterocycles. The van der Waals surface area contributed by atoms with Crippen molar-refractivity contribution in [1.82, 2.24) is 4.90 Å². The van der Waals surface area contributed by atoms with Crippen molar-refractivity contribution < 1.29 is 22.7 Å². The zero-order valence-corrected chi connectivity index (χ0v) is 25.9. The topological polar surface area (TPSA) is 79.4 Å². The first kappa shape index (κ1) is 30.2. The predicted octanol–water partition coefficient (Wildman–Crippen LogP) is 5.45. The van der Waals surface area contributed by atoms with Crippen molar-refractivity contribution >= 4 is 27.3 Å². The van der Waals surface area contributed by atoms with E-state index in [9.17, 15) is 13.2 Å². The molecule has 0 atom stereocenters. The number of rotatable bonds is 11. The number of hydrogen-bond donors (Lipinski definition) is 0. The van der Waals surface area contributed by atoms with Gasteiger partial charge < -0.3 is 19.3 Å². The number of ether oxygens (including phenoxy) is 2. The van der Waals surface area contributed by atoms with Crippen molar-refractivity contribution in [3.63, 3.8) is 0 Å². The average Bonchev–Trinajstić information content (AvgIpc) is 3.79. The molecule has 1 aliphatic carbocycles. The summed E-state index contributed by atoms with van der Waals surface area (Å²) in [7, 11) is 2.90. The van der Waals surface area contributed by atoms with Crippen LogP contribution in [0.1, 0.15) is 44.7 Å². The minimum atomic E-state index is -4.06. The summed E-state index contributed by atoms with van der Waals surface area (Å²) < 4.78 is 40.4. The fraction of sp³-hybridized carbons (Fsp3) is 0.406. The van der Waals surface area contributed by atoms with Gasteiger partial charge in [-0.1, -0.05) is 39.0 Å². The molecule has 3 aromatic rings. The molecule has 41 heavy (non-hydrogen) atoms. The lowest BCUT2D eigenvalue weighted by atomic mass is 9.87. The first-order valence-electron chi connectivity index (χ1n) is 13.8. The molecule has 0 N–H and O–H groups in total. The molecule has 1 saturated carbocycles. The Hall–Kier alpha value is -3.72. The van der Waals surface area contributed by atoms with Crippen molar-refractivity contribution in [1.29, 1.82) is 0 Å². The molecule has 0 unspecified atom stereocenters. The van der Waals surface area contributed by atoms with E-state index in [4.69, 9.17) is 9.47 Å². The largest absolute Gasteiger partial charge is 0.497 e. The van der Waals surface area contributed by atoms with Gasteiger partial charge in [-0.15, -0.1) is 0 Å². The molecule has 0 aromatic heterocycles. The second-order valence-electron chi connectivity index (χ2n) is 11.7. The minimum Gasteiger partial charge on any atom is -0.497 e. The van der Waals surface area contributed by atoms with Crippen molar-refractivity contribution in [3.05, 3.63) is 77.9 Å². The molecule has 0 aliphatic heterocycles. The van der Waals surface area contributed by atoms with Crippen LogP contribution < -0.4 is 18.7 Å². The summed E-state index contributed by atoms with van der Waals surface area (Å²) in [5.74, 6) is 0.997. The molecule has 0 bridgehead atoms. The van der Waals surface area contributed by atoms with Crippen LogP contribution in [0.3, 0.4) is 0 Å². The number of hydrogen-bond acceptors (Lipinski definition) is 6. The van der Waals surface area contributed by atoms with Gasteiger partial charge in [-0.05, 0) is 71.8 Å². The average molecular weight is 580 g/mol. The van der Waals surface area contributed by atoms with Crippen LogP contribution in [-0.2, 0) is 26.8 Å². The predicted molar refractivity (Wildman–Crippen MR) is 164 cm³/mol. The van der Waals surface area contributed by atoms with Gasteiger partial charge in [0.25, 0.3) is 10.0 Å². The molecule has 0 radical (unpaired) electrons. The van der Waals surface area contributed by atoms with E-state index in [1.807, 2.05) is 55.4 Å². The minimum absolute atomic E-state index is 0.0587. The molecule has 4 rings (SSSR count). The maximum atomic E-state index is 14.2. The number of amides is 1. The van der Waals surface area contributed by atoms with E-state index >= 15 is 0 Å². The fourth-order valence-corrected chi connectivity index (χ4v) is 6.08. The monoisotopic (exact) mass is 579 g/mol. The highest BCUT2D eigenvalue weighted by molar-refractivity contribution is 7.92. The van der Waals surface area contributed by atoms with Gasteiger partial charge in [-0.2, -0.15) is 0 Å². The van der Waals surface area contributed by atoms with E-state index in [-0.39, 0.29) is 28.8 Å². The van der Waals surface area contributed by atoms with Gasteiger partial charge in [0.15, 0.2) is 0 Å². The van der Waals surface area contributed by atoms with Crippen molar-refractivity contribution in [2.75, 3.05) is 44.1 Å². The number of nitrogens with zero attached hydrogens (tertiary/aromatic N) is 3. The molecule has 9 heteroatoms. The second-order valence-corrected chi connectivity index (χ2v) is 13.5. The van der Waals surface area contributed by atoms with Gasteiger partial charge in [-0.25, -0.2) is 8.42 Å². The number of carbonyl (C=O) groups is 1. The highest BCUT2D eigenvalue weighted by atomic mass is 32.2.